The number of thiophene rings is 1. The number of aromatic nitrogens is 3. The molecule has 3 rings (SSSR count). The Hall–Kier alpha value is -1.57. The van der Waals surface area contributed by atoms with Gasteiger partial charge in [-0.3, -0.25) is 0 Å². The number of likely N-dealkylation sites (N-methyl/N-ethyl adjacent to an activating group) is 1. The van der Waals surface area contributed by atoms with Crippen molar-refractivity contribution in [1.29, 1.82) is 0 Å². The van der Waals surface area contributed by atoms with Crippen molar-refractivity contribution >= 4 is 22.7 Å². The molecule has 0 fully saturated rings. The average Bonchev–Trinajstić information content (AvgIpc) is 3.18. The highest BCUT2D eigenvalue weighted by Crippen LogP contribution is 2.36. The molecule has 0 saturated heterocycles. The van der Waals surface area contributed by atoms with E-state index in [-0.39, 0.29) is 0 Å². The lowest BCUT2D eigenvalue weighted by molar-refractivity contribution is 0.418. The zero-order chi connectivity index (χ0) is 14.8. The molecular formula is C14H16N4OS2. The number of aryl methyl sites for hydroxylation is 1. The molecule has 21 heavy (non-hydrogen) atoms. The highest BCUT2D eigenvalue weighted by Gasteiger charge is 2.18. The van der Waals surface area contributed by atoms with Crippen LogP contribution in [-0.4, -0.2) is 28.2 Å². The Kier molecular flexibility index (Phi) is 4.14. The van der Waals surface area contributed by atoms with E-state index in [0.29, 0.717) is 11.9 Å². The maximum atomic E-state index is 5.39. The van der Waals surface area contributed by atoms with Crippen molar-refractivity contribution in [3.05, 3.63) is 29.0 Å². The molecule has 0 saturated carbocycles. The number of rotatable bonds is 5. The maximum Gasteiger partial charge on any atom is 0.269 e. The Morgan fingerprint density at radius 2 is 2.24 bits per heavy atom. The monoisotopic (exact) mass is 320 g/mol. The van der Waals surface area contributed by atoms with Gasteiger partial charge in [0.15, 0.2) is 5.82 Å². The minimum Gasteiger partial charge on any atom is -0.333 e. The quantitative estimate of drug-likeness (QED) is 0.781. The molecule has 3 aromatic rings. The molecule has 0 aliphatic carbocycles. The second-order valence-electron chi connectivity index (χ2n) is 4.82. The van der Waals surface area contributed by atoms with Gasteiger partial charge in [0, 0.05) is 12.5 Å². The molecule has 0 amide bonds. The first-order valence-corrected chi connectivity index (χ1v) is 8.38. The van der Waals surface area contributed by atoms with Crippen LogP contribution in [0.15, 0.2) is 22.0 Å². The average molecular weight is 320 g/mol. The first kappa shape index (κ1) is 14.4. The Balaban J connectivity index is 1.87. The number of nitrogens with one attached hydrogen (secondary N) is 1. The Labute approximate surface area is 131 Å². The van der Waals surface area contributed by atoms with E-state index in [9.17, 15) is 0 Å². The Morgan fingerprint density at radius 3 is 2.95 bits per heavy atom. The first-order valence-electron chi connectivity index (χ1n) is 6.69. The first-order chi connectivity index (χ1) is 10.2. The summed E-state index contributed by atoms with van der Waals surface area (Å²) in [6.45, 7) is 4.06. The van der Waals surface area contributed by atoms with Crippen molar-refractivity contribution in [2.24, 2.45) is 0 Å². The van der Waals surface area contributed by atoms with Gasteiger partial charge in [-0.15, -0.1) is 22.7 Å². The van der Waals surface area contributed by atoms with Gasteiger partial charge in [-0.25, -0.2) is 4.98 Å². The van der Waals surface area contributed by atoms with Gasteiger partial charge in [-0.1, -0.05) is 11.2 Å². The van der Waals surface area contributed by atoms with Gasteiger partial charge in [-0.05, 0) is 32.3 Å². The van der Waals surface area contributed by atoms with Crippen molar-refractivity contribution in [2.75, 3.05) is 7.05 Å². The van der Waals surface area contributed by atoms with Crippen LogP contribution in [-0.2, 0) is 6.42 Å². The highest BCUT2D eigenvalue weighted by atomic mass is 32.1. The minimum atomic E-state index is 0.319. The van der Waals surface area contributed by atoms with Gasteiger partial charge in [0.25, 0.3) is 5.89 Å². The molecule has 1 N–H and O–H groups in total. The fourth-order valence-electron chi connectivity index (χ4n) is 1.91. The third-order valence-corrected chi connectivity index (χ3v) is 5.36. The van der Waals surface area contributed by atoms with Crippen molar-refractivity contribution in [2.45, 2.75) is 26.3 Å². The molecule has 110 valence electrons. The van der Waals surface area contributed by atoms with Crippen LogP contribution in [0.4, 0.5) is 0 Å². The van der Waals surface area contributed by atoms with Crippen LogP contribution in [0.25, 0.3) is 20.7 Å². The van der Waals surface area contributed by atoms with Crippen LogP contribution in [0.1, 0.15) is 18.4 Å². The van der Waals surface area contributed by atoms with Gasteiger partial charge in [0.05, 0.1) is 10.6 Å². The topological polar surface area (TPSA) is 63.8 Å². The second-order valence-corrected chi connectivity index (χ2v) is 6.77. The summed E-state index contributed by atoms with van der Waals surface area (Å²) >= 11 is 3.28. The molecule has 5 nitrogen and oxygen atoms in total. The van der Waals surface area contributed by atoms with Crippen LogP contribution in [0, 0.1) is 6.92 Å². The third-order valence-electron chi connectivity index (χ3n) is 3.17. The van der Waals surface area contributed by atoms with Crippen LogP contribution >= 0.6 is 22.7 Å². The van der Waals surface area contributed by atoms with E-state index in [2.05, 4.69) is 38.8 Å². The lowest BCUT2D eigenvalue weighted by Crippen LogP contribution is -2.24. The van der Waals surface area contributed by atoms with Gasteiger partial charge < -0.3 is 9.84 Å². The van der Waals surface area contributed by atoms with Gasteiger partial charge in [0.1, 0.15) is 9.88 Å². The fraction of sp³-hybridized carbons (Fsp3) is 0.357. The van der Waals surface area contributed by atoms with Gasteiger partial charge in [-0.2, -0.15) is 4.98 Å². The predicted octanol–water partition coefficient (Wildman–Crippen LogP) is 3.38. The smallest absolute Gasteiger partial charge is 0.269 e. The number of thiazole rings is 1. The van der Waals surface area contributed by atoms with Crippen LogP contribution in [0.2, 0.25) is 0 Å². The van der Waals surface area contributed by atoms with E-state index >= 15 is 0 Å². The van der Waals surface area contributed by atoms with Crippen molar-refractivity contribution in [3.63, 3.8) is 0 Å². The molecule has 0 radical (unpaired) electrons. The summed E-state index contributed by atoms with van der Waals surface area (Å²) in [5.41, 5.74) is 0.931. The van der Waals surface area contributed by atoms with Crippen LogP contribution in [0.3, 0.4) is 0 Å². The largest absolute Gasteiger partial charge is 0.333 e. The SMILES string of the molecule is CNC(C)Cc1noc(-c2sc(-c3cccs3)nc2C)n1. The standard InChI is InChI=1S/C14H16N4OS2/c1-8(15-3)7-11-17-13(19-18-11)12-9(2)16-14(21-12)10-5-4-6-20-10/h4-6,8,15H,7H2,1-3H3. The van der Waals surface area contributed by atoms with Crippen LogP contribution in [0.5, 0.6) is 0 Å². The Bertz CT molecular complexity index is 717. The minimum absolute atomic E-state index is 0.319. The van der Waals surface area contributed by atoms with Crippen molar-refractivity contribution < 1.29 is 4.52 Å². The zero-order valence-corrected chi connectivity index (χ0v) is 13.7. The lowest BCUT2D eigenvalue weighted by Gasteiger charge is -2.04. The molecule has 7 heteroatoms. The van der Waals surface area contributed by atoms with E-state index < -0.39 is 0 Å². The van der Waals surface area contributed by atoms with Crippen LogP contribution < -0.4 is 5.32 Å². The Morgan fingerprint density at radius 1 is 1.38 bits per heavy atom. The predicted molar refractivity (Wildman–Crippen MR) is 85.7 cm³/mol. The molecule has 3 heterocycles. The molecule has 0 bridgehead atoms. The summed E-state index contributed by atoms with van der Waals surface area (Å²) in [5.74, 6) is 1.28. The highest BCUT2D eigenvalue weighted by molar-refractivity contribution is 7.22. The summed E-state index contributed by atoms with van der Waals surface area (Å²) in [6, 6.07) is 4.42. The summed E-state index contributed by atoms with van der Waals surface area (Å²) in [6.07, 6.45) is 0.746. The molecule has 0 aromatic carbocycles. The lowest BCUT2D eigenvalue weighted by atomic mass is 10.2. The van der Waals surface area contributed by atoms with E-state index in [4.69, 9.17) is 4.52 Å². The normalized spacial score (nSPS) is 12.7. The molecule has 1 atom stereocenters. The number of nitrogens with zero attached hydrogens (tertiary/aromatic N) is 3. The molecule has 1 unspecified atom stereocenters. The number of hydrogen-bond acceptors (Lipinski definition) is 7. The summed E-state index contributed by atoms with van der Waals surface area (Å²) in [7, 11) is 1.92. The van der Waals surface area contributed by atoms with Gasteiger partial charge >= 0.3 is 0 Å². The van der Waals surface area contributed by atoms with E-state index in [1.165, 1.54) is 0 Å². The molecular weight excluding hydrogens is 304 g/mol. The van der Waals surface area contributed by atoms with Gasteiger partial charge in [0.2, 0.25) is 0 Å². The molecule has 0 aliphatic heterocycles. The molecule has 0 aliphatic rings. The summed E-state index contributed by atoms with van der Waals surface area (Å²) < 4.78 is 5.39. The molecule has 3 aromatic heterocycles. The fourth-order valence-corrected chi connectivity index (χ4v) is 3.69. The van der Waals surface area contributed by atoms with E-state index in [0.717, 1.165) is 32.7 Å². The van der Waals surface area contributed by atoms with Crippen molar-refractivity contribution in [3.8, 4) is 20.7 Å². The van der Waals surface area contributed by atoms with E-state index in [1.807, 2.05) is 20.0 Å². The number of hydrogen-bond donors (Lipinski definition) is 1. The summed E-state index contributed by atoms with van der Waals surface area (Å²) in [5, 5.41) is 10.3. The third kappa shape index (κ3) is 3.04. The zero-order valence-electron chi connectivity index (χ0n) is 12.1. The maximum absolute atomic E-state index is 5.39. The van der Waals surface area contributed by atoms with Crippen molar-refractivity contribution in [1.82, 2.24) is 20.4 Å². The molecule has 0 spiro atoms. The summed E-state index contributed by atoms with van der Waals surface area (Å²) in [4.78, 5) is 11.2. The van der Waals surface area contributed by atoms with E-state index in [1.54, 1.807) is 22.7 Å². The second kappa shape index (κ2) is 6.05.